The van der Waals surface area contributed by atoms with Crippen LogP contribution in [0.25, 0.3) is 0 Å². The van der Waals surface area contributed by atoms with Crippen LogP contribution in [0.4, 0.5) is 10.1 Å². The zero-order chi connectivity index (χ0) is 18.9. The number of carbonyl (C=O) groups excluding carboxylic acids is 2. The van der Waals surface area contributed by atoms with E-state index in [1.165, 1.54) is 12.1 Å². The summed E-state index contributed by atoms with van der Waals surface area (Å²) in [6.45, 7) is 1.64. The Morgan fingerprint density at radius 2 is 1.96 bits per heavy atom. The molecule has 1 heterocycles. The molecule has 1 atom stereocenters. The van der Waals surface area contributed by atoms with E-state index < -0.39 is 23.2 Å². The van der Waals surface area contributed by atoms with E-state index in [1.54, 1.807) is 6.92 Å². The predicted octanol–water partition coefficient (Wildman–Crippen LogP) is 3.36. The molecule has 26 heavy (non-hydrogen) atoms. The quantitative estimate of drug-likeness (QED) is 0.718. The summed E-state index contributed by atoms with van der Waals surface area (Å²) in [5.41, 5.74) is -0.352. The van der Waals surface area contributed by atoms with Crippen LogP contribution < -0.4 is 10.6 Å². The Kier molecular flexibility index (Phi) is 4.70. The Morgan fingerprint density at radius 1 is 1.27 bits per heavy atom. The van der Waals surface area contributed by atoms with E-state index in [1.807, 2.05) is 30.3 Å². The van der Waals surface area contributed by atoms with Crippen LogP contribution >= 0.6 is 11.6 Å². The van der Waals surface area contributed by atoms with Crippen molar-refractivity contribution in [3.8, 4) is 0 Å². The average molecular weight is 375 g/mol. The first-order valence-electron chi connectivity index (χ1n) is 7.87. The number of aliphatic hydroxyl groups is 1. The van der Waals surface area contributed by atoms with Gasteiger partial charge in [0.15, 0.2) is 0 Å². The summed E-state index contributed by atoms with van der Waals surface area (Å²) in [7, 11) is 0. The largest absolute Gasteiger partial charge is 0.509 e. The number of anilines is 1. The summed E-state index contributed by atoms with van der Waals surface area (Å²) in [4.78, 5) is 24.7. The second kappa shape index (κ2) is 6.80. The van der Waals surface area contributed by atoms with Crippen LogP contribution in [0.15, 0.2) is 59.9 Å². The monoisotopic (exact) mass is 374 g/mol. The Morgan fingerprint density at radius 3 is 2.62 bits per heavy atom. The fourth-order valence-electron chi connectivity index (χ4n) is 2.87. The molecule has 0 fully saturated rings. The van der Waals surface area contributed by atoms with Crippen molar-refractivity contribution in [3.63, 3.8) is 0 Å². The average Bonchev–Trinajstić information content (AvgIpc) is 2.80. The van der Waals surface area contributed by atoms with Gasteiger partial charge in [-0.3, -0.25) is 9.59 Å². The Labute approximate surface area is 154 Å². The molecule has 1 aliphatic rings. The number of hydrogen-bond acceptors (Lipinski definition) is 3. The molecule has 3 N–H and O–H groups in total. The minimum Gasteiger partial charge on any atom is -0.509 e. The number of hydrogen-bond donors (Lipinski definition) is 3. The molecule has 0 saturated heterocycles. The van der Waals surface area contributed by atoms with Crippen LogP contribution in [-0.4, -0.2) is 22.5 Å². The van der Waals surface area contributed by atoms with E-state index >= 15 is 0 Å². The van der Waals surface area contributed by atoms with Gasteiger partial charge in [-0.2, -0.15) is 0 Å². The second-order valence-electron chi connectivity index (χ2n) is 6.26. The van der Waals surface area contributed by atoms with Crippen LogP contribution in [0.5, 0.6) is 0 Å². The van der Waals surface area contributed by atoms with E-state index in [4.69, 9.17) is 11.6 Å². The third-order valence-corrected chi connectivity index (χ3v) is 4.47. The molecule has 0 aliphatic carbocycles. The smallest absolute Gasteiger partial charge is 0.264 e. The van der Waals surface area contributed by atoms with Gasteiger partial charge >= 0.3 is 0 Å². The molecule has 0 saturated carbocycles. The third kappa shape index (κ3) is 3.41. The number of aliphatic hydroxyl groups excluding tert-OH is 1. The van der Waals surface area contributed by atoms with E-state index in [2.05, 4.69) is 10.6 Å². The minimum atomic E-state index is -1.09. The topological polar surface area (TPSA) is 78.4 Å². The molecule has 3 rings (SSSR count). The van der Waals surface area contributed by atoms with Crippen molar-refractivity contribution < 1.29 is 19.1 Å². The molecule has 134 valence electrons. The molecule has 0 aromatic heterocycles. The highest BCUT2D eigenvalue weighted by molar-refractivity contribution is 6.31. The molecule has 0 spiro atoms. The minimum absolute atomic E-state index is 0.161. The van der Waals surface area contributed by atoms with Crippen molar-refractivity contribution in [1.82, 2.24) is 5.32 Å². The van der Waals surface area contributed by atoms with Crippen molar-refractivity contribution in [2.45, 2.75) is 18.9 Å². The van der Waals surface area contributed by atoms with Gasteiger partial charge < -0.3 is 15.7 Å². The molecule has 2 aromatic carbocycles. The van der Waals surface area contributed by atoms with Gasteiger partial charge in [0, 0.05) is 12.1 Å². The molecule has 1 aliphatic heterocycles. The van der Waals surface area contributed by atoms with E-state index in [-0.39, 0.29) is 22.0 Å². The maximum absolute atomic E-state index is 13.2. The number of amides is 2. The van der Waals surface area contributed by atoms with Gasteiger partial charge in [0.1, 0.15) is 17.1 Å². The zero-order valence-corrected chi connectivity index (χ0v) is 14.6. The van der Waals surface area contributed by atoms with Gasteiger partial charge in [-0.05, 0) is 30.7 Å². The van der Waals surface area contributed by atoms with Gasteiger partial charge in [-0.15, -0.1) is 0 Å². The first-order chi connectivity index (χ1) is 12.3. The highest BCUT2D eigenvalue weighted by atomic mass is 35.5. The molecule has 5 nitrogen and oxygen atoms in total. The van der Waals surface area contributed by atoms with Crippen LogP contribution in [0.1, 0.15) is 12.5 Å². The van der Waals surface area contributed by atoms with Crippen LogP contribution in [0.2, 0.25) is 5.02 Å². The number of carbonyl (C=O) groups is 2. The Hall–Kier alpha value is -2.86. The van der Waals surface area contributed by atoms with Gasteiger partial charge in [-0.1, -0.05) is 41.9 Å². The summed E-state index contributed by atoms with van der Waals surface area (Å²) in [5, 5.41) is 15.5. The standard InChI is InChI=1S/C19H16ClFN2O3/c1-19(10-11-5-3-2-4-6-11)16(24)15(18(26)23-19)17(25)22-12-7-8-14(21)13(20)9-12/h2-9,24H,10H2,1H3,(H,22,25)(H,23,26). The Bertz CT molecular complexity index is 914. The van der Waals surface area contributed by atoms with Crippen LogP contribution in [0, 0.1) is 5.82 Å². The highest BCUT2D eigenvalue weighted by Gasteiger charge is 2.44. The van der Waals surface area contributed by atoms with Gasteiger partial charge in [0.05, 0.1) is 10.6 Å². The summed E-state index contributed by atoms with van der Waals surface area (Å²) in [6.07, 6.45) is 0.324. The van der Waals surface area contributed by atoms with Gasteiger partial charge in [-0.25, -0.2) is 4.39 Å². The lowest BCUT2D eigenvalue weighted by molar-refractivity contribution is -0.121. The van der Waals surface area contributed by atoms with Crippen LogP contribution in [-0.2, 0) is 16.0 Å². The lowest BCUT2D eigenvalue weighted by Crippen LogP contribution is -2.43. The van der Waals surface area contributed by atoms with Gasteiger partial charge in [0.2, 0.25) is 0 Å². The van der Waals surface area contributed by atoms with Gasteiger partial charge in [0.25, 0.3) is 11.8 Å². The number of rotatable bonds is 4. The van der Waals surface area contributed by atoms with Crippen molar-refractivity contribution >= 4 is 29.1 Å². The zero-order valence-electron chi connectivity index (χ0n) is 13.8. The summed E-state index contributed by atoms with van der Waals surface area (Å²) in [6, 6.07) is 12.9. The lowest BCUT2D eigenvalue weighted by atomic mass is 9.91. The first kappa shape index (κ1) is 17.9. The normalized spacial score (nSPS) is 19.4. The van der Waals surface area contributed by atoms with Crippen molar-refractivity contribution in [2.75, 3.05) is 5.32 Å². The third-order valence-electron chi connectivity index (χ3n) is 4.18. The first-order valence-corrected chi connectivity index (χ1v) is 8.24. The lowest BCUT2D eigenvalue weighted by Gasteiger charge is -2.24. The number of benzene rings is 2. The van der Waals surface area contributed by atoms with Crippen LogP contribution in [0.3, 0.4) is 0 Å². The molecule has 1 unspecified atom stereocenters. The van der Waals surface area contributed by atoms with E-state index in [0.717, 1.165) is 11.6 Å². The van der Waals surface area contributed by atoms with E-state index in [0.29, 0.717) is 6.42 Å². The van der Waals surface area contributed by atoms with E-state index in [9.17, 15) is 19.1 Å². The maximum atomic E-state index is 13.2. The number of halogens is 2. The summed E-state index contributed by atoms with van der Waals surface area (Å²) >= 11 is 5.68. The second-order valence-corrected chi connectivity index (χ2v) is 6.66. The molecular weight excluding hydrogens is 359 g/mol. The summed E-state index contributed by atoms with van der Waals surface area (Å²) in [5.74, 6) is -2.43. The molecule has 0 radical (unpaired) electrons. The van der Waals surface area contributed by atoms with Crippen molar-refractivity contribution in [2.24, 2.45) is 0 Å². The molecule has 0 bridgehead atoms. The molecule has 2 amide bonds. The number of nitrogens with one attached hydrogen (secondary N) is 2. The summed E-state index contributed by atoms with van der Waals surface area (Å²) < 4.78 is 13.2. The predicted molar refractivity (Wildman–Crippen MR) is 96.4 cm³/mol. The fraction of sp³-hybridized carbons (Fsp3) is 0.158. The van der Waals surface area contributed by atoms with Crippen molar-refractivity contribution in [1.29, 1.82) is 0 Å². The highest BCUT2D eigenvalue weighted by Crippen LogP contribution is 2.30. The van der Waals surface area contributed by atoms with Crippen molar-refractivity contribution in [3.05, 3.63) is 76.3 Å². The molecule has 7 heteroatoms. The maximum Gasteiger partial charge on any atom is 0.264 e. The SMILES string of the molecule is CC1(Cc2ccccc2)NC(=O)C(C(=O)Nc2ccc(F)c(Cl)c2)=C1O. The molecule has 2 aromatic rings. The Balaban J connectivity index is 1.85. The fourth-order valence-corrected chi connectivity index (χ4v) is 3.05. The molecular formula is C19H16ClFN2O3.